The van der Waals surface area contributed by atoms with Gasteiger partial charge >= 0.3 is 0 Å². The molecule has 6 heteroatoms. The van der Waals surface area contributed by atoms with Crippen LogP contribution in [0, 0.1) is 0 Å². The predicted molar refractivity (Wildman–Crippen MR) is 120 cm³/mol. The van der Waals surface area contributed by atoms with Crippen LogP contribution in [0.1, 0.15) is 42.2 Å². The van der Waals surface area contributed by atoms with Gasteiger partial charge in [0, 0.05) is 36.0 Å². The van der Waals surface area contributed by atoms with E-state index in [1.165, 1.54) is 0 Å². The van der Waals surface area contributed by atoms with Gasteiger partial charge < -0.3 is 9.64 Å². The zero-order valence-electron chi connectivity index (χ0n) is 17.9. The number of anilines is 2. The van der Waals surface area contributed by atoms with E-state index in [9.17, 15) is 9.59 Å². The lowest BCUT2D eigenvalue weighted by Crippen LogP contribution is -2.48. The molecule has 2 unspecified atom stereocenters. The molecule has 2 atom stereocenters. The summed E-state index contributed by atoms with van der Waals surface area (Å²) in [5, 5.41) is 0. The first kappa shape index (κ1) is 20.6. The molecule has 2 aromatic carbocycles. The maximum Gasteiger partial charge on any atom is 0.259 e. The number of hydrogen-bond donors (Lipinski definition) is 0. The van der Waals surface area contributed by atoms with Gasteiger partial charge in [-0.25, -0.2) is 4.98 Å². The van der Waals surface area contributed by atoms with Crippen LogP contribution in [0.15, 0.2) is 72.9 Å². The Kier molecular flexibility index (Phi) is 5.71. The van der Waals surface area contributed by atoms with Crippen LogP contribution >= 0.6 is 0 Å². The lowest BCUT2D eigenvalue weighted by molar-refractivity contribution is -0.117. The lowest BCUT2D eigenvalue weighted by Gasteiger charge is -2.42. The second kappa shape index (κ2) is 8.60. The van der Waals surface area contributed by atoms with Crippen LogP contribution in [0.4, 0.5) is 11.5 Å². The molecule has 31 heavy (non-hydrogen) atoms. The third kappa shape index (κ3) is 3.89. The summed E-state index contributed by atoms with van der Waals surface area (Å²) < 4.78 is 5.28. The molecule has 0 saturated heterocycles. The Labute approximate surface area is 182 Å². The first-order valence-electron chi connectivity index (χ1n) is 10.3. The first-order valence-corrected chi connectivity index (χ1v) is 10.3. The summed E-state index contributed by atoms with van der Waals surface area (Å²) in [6.45, 7) is 3.56. The molecule has 3 aromatic rings. The zero-order valence-corrected chi connectivity index (χ0v) is 17.9. The quantitative estimate of drug-likeness (QED) is 0.624. The molecule has 0 spiro atoms. The molecule has 1 aliphatic rings. The van der Waals surface area contributed by atoms with Crippen molar-refractivity contribution in [2.24, 2.45) is 0 Å². The highest BCUT2D eigenvalue weighted by Gasteiger charge is 2.39. The van der Waals surface area contributed by atoms with Crippen molar-refractivity contribution in [2.75, 3.05) is 16.9 Å². The Morgan fingerprint density at radius 2 is 1.84 bits per heavy atom. The van der Waals surface area contributed by atoms with Crippen LogP contribution in [0.25, 0.3) is 0 Å². The SMILES string of the molecule is COc1cccc(C(=O)N2c3ncccc3C(N(C(C)=O)c3ccccc3)CC2C)c1. The Morgan fingerprint density at radius 1 is 1.06 bits per heavy atom. The van der Waals surface area contributed by atoms with Crippen molar-refractivity contribution in [3.05, 3.63) is 84.1 Å². The molecular weight excluding hydrogens is 390 g/mol. The minimum atomic E-state index is -0.215. The standard InChI is InChI=1S/C25H25N3O3/c1-17-15-23(28(18(2)29)20-10-5-4-6-11-20)22-13-8-14-26-24(22)27(17)25(30)19-9-7-12-21(16-19)31-3/h4-14,16-17,23H,15H2,1-3H3. The van der Waals surface area contributed by atoms with Crippen LogP contribution in [0.3, 0.4) is 0 Å². The number of nitrogens with zero attached hydrogens (tertiary/aromatic N) is 3. The van der Waals surface area contributed by atoms with E-state index in [0.717, 1.165) is 11.3 Å². The Bertz CT molecular complexity index is 1100. The van der Waals surface area contributed by atoms with Gasteiger partial charge in [-0.3, -0.25) is 14.5 Å². The Morgan fingerprint density at radius 3 is 2.55 bits per heavy atom. The second-order valence-electron chi connectivity index (χ2n) is 7.65. The fourth-order valence-corrected chi connectivity index (χ4v) is 4.24. The van der Waals surface area contributed by atoms with E-state index in [1.807, 2.05) is 55.5 Å². The van der Waals surface area contributed by atoms with Gasteiger partial charge in [-0.2, -0.15) is 0 Å². The monoisotopic (exact) mass is 415 g/mol. The van der Waals surface area contributed by atoms with E-state index in [2.05, 4.69) is 4.98 Å². The molecule has 0 fully saturated rings. The van der Waals surface area contributed by atoms with Crippen molar-refractivity contribution in [1.29, 1.82) is 0 Å². The molecule has 0 radical (unpaired) electrons. The van der Waals surface area contributed by atoms with Crippen LogP contribution in [-0.4, -0.2) is 29.9 Å². The number of rotatable bonds is 4. The van der Waals surface area contributed by atoms with Crippen LogP contribution in [-0.2, 0) is 4.79 Å². The minimum absolute atomic E-state index is 0.0502. The number of carbonyl (C=O) groups excluding carboxylic acids is 2. The third-order valence-corrected chi connectivity index (χ3v) is 5.63. The number of ether oxygens (including phenoxy) is 1. The van der Waals surface area contributed by atoms with Crippen molar-refractivity contribution in [3.8, 4) is 5.75 Å². The molecule has 1 aliphatic heterocycles. The first-order chi connectivity index (χ1) is 15.0. The smallest absolute Gasteiger partial charge is 0.259 e. The summed E-state index contributed by atoms with van der Waals surface area (Å²) in [5.41, 5.74) is 2.22. The van der Waals surface area contributed by atoms with E-state index >= 15 is 0 Å². The van der Waals surface area contributed by atoms with Gasteiger partial charge in [0.1, 0.15) is 11.6 Å². The summed E-state index contributed by atoms with van der Waals surface area (Å²) in [5.74, 6) is 1.02. The Hall–Kier alpha value is -3.67. The highest BCUT2D eigenvalue weighted by molar-refractivity contribution is 6.07. The predicted octanol–water partition coefficient (Wildman–Crippen LogP) is 4.62. The van der Waals surface area contributed by atoms with Gasteiger partial charge in [0.05, 0.1) is 13.2 Å². The number of amides is 2. The molecular formula is C25H25N3O3. The molecule has 0 saturated carbocycles. The molecule has 0 N–H and O–H groups in total. The molecule has 6 nitrogen and oxygen atoms in total. The molecule has 2 amide bonds. The Balaban J connectivity index is 1.77. The highest BCUT2D eigenvalue weighted by Crippen LogP contribution is 2.41. The van der Waals surface area contributed by atoms with Gasteiger partial charge in [-0.15, -0.1) is 0 Å². The molecule has 158 valence electrons. The summed E-state index contributed by atoms with van der Waals surface area (Å²) in [7, 11) is 1.58. The summed E-state index contributed by atoms with van der Waals surface area (Å²) in [6, 6.07) is 20.2. The minimum Gasteiger partial charge on any atom is -0.497 e. The largest absolute Gasteiger partial charge is 0.497 e. The number of benzene rings is 2. The fraction of sp³-hybridized carbons (Fsp3) is 0.240. The number of fused-ring (bicyclic) bond motifs is 1. The molecule has 0 aliphatic carbocycles. The topological polar surface area (TPSA) is 62.7 Å². The van der Waals surface area contributed by atoms with Crippen molar-refractivity contribution in [3.63, 3.8) is 0 Å². The fourth-order valence-electron chi connectivity index (χ4n) is 4.24. The maximum atomic E-state index is 13.5. The summed E-state index contributed by atoms with van der Waals surface area (Å²) in [4.78, 5) is 34.2. The van der Waals surface area contributed by atoms with E-state index in [-0.39, 0.29) is 23.9 Å². The number of aromatic nitrogens is 1. The van der Waals surface area contributed by atoms with Gasteiger partial charge in [0.2, 0.25) is 5.91 Å². The third-order valence-electron chi connectivity index (χ3n) is 5.63. The number of hydrogen-bond acceptors (Lipinski definition) is 4. The van der Waals surface area contributed by atoms with Crippen molar-refractivity contribution in [1.82, 2.24) is 4.98 Å². The number of para-hydroxylation sites is 1. The highest BCUT2D eigenvalue weighted by atomic mass is 16.5. The zero-order chi connectivity index (χ0) is 22.0. The van der Waals surface area contributed by atoms with E-state index in [4.69, 9.17) is 4.74 Å². The van der Waals surface area contributed by atoms with Gasteiger partial charge in [-0.1, -0.05) is 30.3 Å². The van der Waals surface area contributed by atoms with Gasteiger partial charge in [0.25, 0.3) is 5.91 Å². The average molecular weight is 415 g/mol. The normalized spacial score (nSPS) is 17.6. The van der Waals surface area contributed by atoms with E-state index in [1.54, 1.807) is 48.2 Å². The second-order valence-corrected chi connectivity index (χ2v) is 7.65. The molecule has 0 bridgehead atoms. The van der Waals surface area contributed by atoms with Crippen molar-refractivity contribution in [2.45, 2.75) is 32.4 Å². The maximum absolute atomic E-state index is 13.5. The molecule has 2 heterocycles. The van der Waals surface area contributed by atoms with Crippen LogP contribution in [0.2, 0.25) is 0 Å². The number of carbonyl (C=O) groups is 2. The number of pyridine rings is 1. The summed E-state index contributed by atoms with van der Waals surface area (Å²) in [6.07, 6.45) is 2.28. The summed E-state index contributed by atoms with van der Waals surface area (Å²) >= 11 is 0. The van der Waals surface area contributed by atoms with Gasteiger partial charge in [0.15, 0.2) is 0 Å². The van der Waals surface area contributed by atoms with Crippen molar-refractivity contribution < 1.29 is 14.3 Å². The lowest BCUT2D eigenvalue weighted by atomic mass is 9.91. The van der Waals surface area contributed by atoms with Crippen LogP contribution in [0.5, 0.6) is 5.75 Å². The van der Waals surface area contributed by atoms with Crippen molar-refractivity contribution >= 4 is 23.3 Å². The average Bonchev–Trinajstić information content (AvgIpc) is 2.79. The van der Waals surface area contributed by atoms with E-state index < -0.39 is 0 Å². The van der Waals surface area contributed by atoms with E-state index in [0.29, 0.717) is 23.6 Å². The number of methoxy groups -OCH3 is 1. The van der Waals surface area contributed by atoms with Gasteiger partial charge in [-0.05, 0) is 49.7 Å². The molecule has 4 rings (SSSR count). The van der Waals surface area contributed by atoms with Crippen LogP contribution < -0.4 is 14.5 Å². The molecule has 1 aromatic heterocycles.